The maximum Gasteiger partial charge on any atom is 0.287 e. The summed E-state index contributed by atoms with van der Waals surface area (Å²) in [6.07, 6.45) is 1.88. The summed E-state index contributed by atoms with van der Waals surface area (Å²) in [7, 11) is 0. The third-order valence-electron chi connectivity index (χ3n) is 3.61. The first-order chi connectivity index (χ1) is 12.5. The van der Waals surface area contributed by atoms with Gasteiger partial charge in [0.1, 0.15) is 18.1 Å². The Labute approximate surface area is 164 Å². The zero-order valence-corrected chi connectivity index (χ0v) is 16.4. The quantitative estimate of drug-likeness (QED) is 0.593. The molecule has 2 aromatic heterocycles. The minimum Gasteiger partial charge on any atom is -0.486 e. The summed E-state index contributed by atoms with van der Waals surface area (Å²) in [6.45, 7) is 3.30. The summed E-state index contributed by atoms with van der Waals surface area (Å²) in [5, 5.41) is 7.80. The van der Waals surface area contributed by atoms with Crippen molar-refractivity contribution >= 4 is 33.4 Å². The van der Waals surface area contributed by atoms with Gasteiger partial charge in [-0.15, -0.1) is 0 Å². The number of rotatable bonds is 7. The fourth-order valence-corrected chi connectivity index (χ4v) is 2.81. The Hall–Kier alpha value is -2.25. The van der Waals surface area contributed by atoms with E-state index in [-0.39, 0.29) is 18.3 Å². The van der Waals surface area contributed by atoms with Crippen LogP contribution in [0.25, 0.3) is 0 Å². The Bertz CT molecular complexity index is 889. The number of carbonyl (C=O) groups is 1. The van der Waals surface area contributed by atoms with Gasteiger partial charge in [-0.3, -0.25) is 9.48 Å². The lowest BCUT2D eigenvalue weighted by Gasteiger charge is -2.04. The van der Waals surface area contributed by atoms with Crippen LogP contribution in [-0.2, 0) is 19.7 Å². The second-order valence-electron chi connectivity index (χ2n) is 5.47. The van der Waals surface area contributed by atoms with Crippen LogP contribution in [0.3, 0.4) is 0 Å². The molecule has 0 unspecified atom stereocenters. The highest BCUT2D eigenvalue weighted by atomic mass is 79.9. The molecule has 3 aromatic rings. The zero-order chi connectivity index (χ0) is 18.5. The molecule has 1 N–H and O–H groups in total. The average molecular weight is 439 g/mol. The number of ether oxygens (including phenoxy) is 1. The predicted octanol–water partition coefficient (Wildman–Crippen LogP) is 4.42. The lowest BCUT2D eigenvalue weighted by atomic mass is 10.3. The maximum absolute atomic E-state index is 12.2. The minimum atomic E-state index is -0.305. The van der Waals surface area contributed by atoms with E-state index in [4.69, 9.17) is 20.8 Å². The van der Waals surface area contributed by atoms with Crippen LogP contribution in [0.15, 0.2) is 51.5 Å². The molecule has 2 heterocycles. The van der Waals surface area contributed by atoms with Crippen molar-refractivity contribution in [2.24, 2.45) is 0 Å². The van der Waals surface area contributed by atoms with Crippen LogP contribution in [0.2, 0.25) is 5.02 Å². The molecule has 0 fully saturated rings. The molecule has 1 amide bonds. The van der Waals surface area contributed by atoms with Gasteiger partial charge in [0.05, 0.1) is 16.7 Å². The van der Waals surface area contributed by atoms with Gasteiger partial charge in [0.25, 0.3) is 5.91 Å². The van der Waals surface area contributed by atoms with Gasteiger partial charge in [-0.25, -0.2) is 0 Å². The molecule has 8 heteroatoms. The molecule has 1 aromatic carbocycles. The largest absolute Gasteiger partial charge is 0.486 e. The van der Waals surface area contributed by atoms with Crippen molar-refractivity contribution in [1.82, 2.24) is 15.1 Å². The van der Waals surface area contributed by atoms with Gasteiger partial charge in [-0.05, 0) is 59.3 Å². The molecule has 0 bridgehead atoms. The lowest BCUT2D eigenvalue weighted by Crippen LogP contribution is -2.22. The number of hydrogen-bond donors (Lipinski definition) is 1. The van der Waals surface area contributed by atoms with Crippen LogP contribution in [0.1, 0.15) is 28.9 Å². The Balaban J connectivity index is 1.53. The summed E-state index contributed by atoms with van der Waals surface area (Å²) < 4.78 is 13.8. The molecule has 26 heavy (non-hydrogen) atoms. The summed E-state index contributed by atoms with van der Waals surface area (Å²) in [4.78, 5) is 12.2. The first-order valence-electron chi connectivity index (χ1n) is 8.02. The number of hydrogen-bond acceptors (Lipinski definition) is 4. The fraction of sp³-hybridized carbons (Fsp3) is 0.222. The summed E-state index contributed by atoms with van der Waals surface area (Å²) in [5.74, 6) is 1.15. The molecule has 0 saturated heterocycles. The van der Waals surface area contributed by atoms with Crippen LogP contribution in [0.5, 0.6) is 5.75 Å². The normalized spacial score (nSPS) is 10.7. The van der Waals surface area contributed by atoms with Crippen molar-refractivity contribution in [3.63, 3.8) is 0 Å². The molecular weight excluding hydrogens is 422 g/mol. The molecule has 0 aliphatic carbocycles. The van der Waals surface area contributed by atoms with Crippen molar-refractivity contribution in [3.8, 4) is 5.75 Å². The van der Waals surface area contributed by atoms with E-state index in [1.54, 1.807) is 41.1 Å². The van der Waals surface area contributed by atoms with Crippen LogP contribution in [0.4, 0.5) is 0 Å². The van der Waals surface area contributed by atoms with E-state index in [0.29, 0.717) is 23.1 Å². The van der Waals surface area contributed by atoms with Gasteiger partial charge in [0.15, 0.2) is 5.76 Å². The topological polar surface area (TPSA) is 69.3 Å². The molecule has 0 spiro atoms. The minimum absolute atomic E-state index is 0.224. The summed E-state index contributed by atoms with van der Waals surface area (Å²) in [6, 6.07) is 10.4. The molecule has 3 rings (SSSR count). The van der Waals surface area contributed by atoms with Crippen LogP contribution in [-0.4, -0.2) is 15.7 Å². The number of amides is 1. The molecule has 0 aliphatic rings. The van der Waals surface area contributed by atoms with Gasteiger partial charge >= 0.3 is 0 Å². The smallest absolute Gasteiger partial charge is 0.287 e. The molecule has 0 atom stereocenters. The van der Waals surface area contributed by atoms with Crippen molar-refractivity contribution < 1.29 is 13.9 Å². The lowest BCUT2D eigenvalue weighted by molar-refractivity contribution is 0.0918. The number of halogens is 2. The van der Waals surface area contributed by atoms with Crippen LogP contribution < -0.4 is 10.1 Å². The molecular formula is C18H17BrClN3O3. The summed E-state index contributed by atoms with van der Waals surface area (Å²) in [5.41, 5.74) is 0.762. The number of furan rings is 1. The van der Waals surface area contributed by atoms with Crippen molar-refractivity contribution in [3.05, 3.63) is 69.3 Å². The molecule has 0 radical (unpaired) electrons. The molecule has 0 saturated carbocycles. The van der Waals surface area contributed by atoms with Gasteiger partial charge in [-0.2, -0.15) is 5.10 Å². The van der Waals surface area contributed by atoms with E-state index in [0.717, 1.165) is 16.7 Å². The van der Waals surface area contributed by atoms with Gasteiger partial charge in [0, 0.05) is 17.8 Å². The standard InChI is InChI=1S/C18H17BrClN3O3/c1-2-23-10-15(19)16(22-23)9-21-18(24)17-8-7-14(26-17)11-25-13-5-3-12(20)4-6-13/h3-8,10H,2,9,11H2,1H3,(H,21,24). The number of aryl methyl sites for hydroxylation is 1. The van der Waals surface area contributed by atoms with Crippen molar-refractivity contribution in [2.75, 3.05) is 0 Å². The highest BCUT2D eigenvalue weighted by Gasteiger charge is 2.13. The highest BCUT2D eigenvalue weighted by Crippen LogP contribution is 2.18. The first-order valence-corrected chi connectivity index (χ1v) is 9.19. The number of aromatic nitrogens is 2. The first kappa shape index (κ1) is 18.5. The second kappa shape index (κ2) is 8.42. The van der Waals surface area contributed by atoms with Crippen LogP contribution >= 0.6 is 27.5 Å². The van der Waals surface area contributed by atoms with Crippen molar-refractivity contribution in [1.29, 1.82) is 0 Å². The maximum atomic E-state index is 12.2. The number of carbonyl (C=O) groups excluding carboxylic acids is 1. The molecule has 6 nitrogen and oxygen atoms in total. The summed E-state index contributed by atoms with van der Waals surface area (Å²) >= 11 is 9.27. The SMILES string of the molecule is CCn1cc(Br)c(CNC(=O)c2ccc(COc3ccc(Cl)cc3)o2)n1. The van der Waals surface area contributed by atoms with E-state index < -0.39 is 0 Å². The van der Waals surface area contributed by atoms with Crippen molar-refractivity contribution in [2.45, 2.75) is 26.6 Å². The molecule has 136 valence electrons. The number of nitrogens with zero attached hydrogens (tertiary/aromatic N) is 2. The Morgan fingerprint density at radius 3 is 2.77 bits per heavy atom. The van der Waals surface area contributed by atoms with Gasteiger partial charge in [-0.1, -0.05) is 11.6 Å². The zero-order valence-electron chi connectivity index (χ0n) is 14.0. The van der Waals surface area contributed by atoms with E-state index in [1.807, 2.05) is 13.1 Å². The third-order valence-corrected chi connectivity index (χ3v) is 4.52. The highest BCUT2D eigenvalue weighted by molar-refractivity contribution is 9.10. The number of nitrogens with one attached hydrogen (secondary N) is 1. The number of benzene rings is 1. The van der Waals surface area contributed by atoms with E-state index in [2.05, 4.69) is 26.3 Å². The Morgan fingerprint density at radius 1 is 1.31 bits per heavy atom. The Morgan fingerprint density at radius 2 is 2.08 bits per heavy atom. The van der Waals surface area contributed by atoms with E-state index in [9.17, 15) is 4.79 Å². The van der Waals surface area contributed by atoms with Gasteiger partial charge < -0.3 is 14.5 Å². The predicted molar refractivity (Wildman–Crippen MR) is 101 cm³/mol. The molecule has 0 aliphatic heterocycles. The third kappa shape index (κ3) is 4.68. The van der Waals surface area contributed by atoms with Crippen LogP contribution in [0, 0.1) is 0 Å². The Kier molecular flexibility index (Phi) is 6.00. The van der Waals surface area contributed by atoms with E-state index in [1.165, 1.54) is 0 Å². The average Bonchev–Trinajstić information content (AvgIpc) is 3.26. The second-order valence-corrected chi connectivity index (χ2v) is 6.76. The van der Waals surface area contributed by atoms with Gasteiger partial charge in [0.2, 0.25) is 0 Å². The monoisotopic (exact) mass is 437 g/mol. The fourth-order valence-electron chi connectivity index (χ4n) is 2.23. The van der Waals surface area contributed by atoms with E-state index >= 15 is 0 Å².